The van der Waals surface area contributed by atoms with E-state index in [4.69, 9.17) is 42.6 Å². The lowest BCUT2D eigenvalue weighted by atomic mass is 10.2. The first-order valence-corrected chi connectivity index (χ1v) is 19.1. The second kappa shape index (κ2) is 23.2. The quantitative estimate of drug-likeness (QED) is 0.0638. The number of carbonyl (C=O) groups is 1. The zero-order valence-electron chi connectivity index (χ0n) is 29.8. The number of amides is 1. The van der Waals surface area contributed by atoms with Crippen LogP contribution in [0.3, 0.4) is 0 Å². The highest BCUT2D eigenvalue weighted by molar-refractivity contribution is 7.99. The maximum Gasteiger partial charge on any atom is 0.455 e. The van der Waals surface area contributed by atoms with Crippen LogP contribution in [-0.4, -0.2) is 121 Å². The molecule has 0 unspecified atom stereocenters. The molecule has 0 radical (unpaired) electrons. The number of ether oxygens (including phenoxy) is 6. The molecule has 0 atom stereocenters. The van der Waals surface area contributed by atoms with Gasteiger partial charge >= 0.3 is 7.75 Å². The molecule has 2 aromatic carbocycles. The van der Waals surface area contributed by atoms with Crippen molar-refractivity contribution in [1.29, 1.82) is 0 Å². The standard InChI is InChI=1S/C36H47N4O10PS/c1-37-36(41)32-9-4-5-10-35(32)52-30-12-13-31-33(14-11-29-8-6-7-15-38-29)39-40(34(31)28-30)51(42,49-26-24-47-22-20-45-18-16-43-2)50-27-25-48-23-21-46-19-17-44-3/h4-15,28H,16-27H2,1-3H3,(H,37,41)/b14-11+. The fourth-order valence-corrected chi connectivity index (χ4v) is 7.14. The molecule has 0 spiro atoms. The summed E-state index contributed by atoms with van der Waals surface area (Å²) in [4.78, 5) is 18.5. The third-order valence-electron chi connectivity index (χ3n) is 7.15. The molecule has 52 heavy (non-hydrogen) atoms. The Morgan fingerprint density at radius 1 is 0.769 bits per heavy atom. The lowest BCUT2D eigenvalue weighted by Gasteiger charge is -2.19. The van der Waals surface area contributed by atoms with Crippen LogP contribution in [0.2, 0.25) is 0 Å². The van der Waals surface area contributed by atoms with Crippen LogP contribution in [0.25, 0.3) is 23.1 Å². The van der Waals surface area contributed by atoms with Crippen molar-refractivity contribution in [2.45, 2.75) is 9.79 Å². The molecule has 0 aliphatic heterocycles. The van der Waals surface area contributed by atoms with Gasteiger partial charge in [0.1, 0.15) is 0 Å². The summed E-state index contributed by atoms with van der Waals surface area (Å²) in [7, 11) is 0.672. The maximum atomic E-state index is 14.8. The molecular weight excluding hydrogens is 711 g/mol. The number of hydrogen-bond acceptors (Lipinski definition) is 13. The first kappa shape index (κ1) is 41.3. The Kier molecular flexibility index (Phi) is 18.5. The molecule has 0 aliphatic rings. The van der Waals surface area contributed by atoms with E-state index >= 15 is 0 Å². The Morgan fingerprint density at radius 3 is 1.96 bits per heavy atom. The topological polar surface area (TPSA) is 151 Å². The highest BCUT2D eigenvalue weighted by Gasteiger charge is 2.32. The van der Waals surface area contributed by atoms with Gasteiger partial charge in [-0.15, -0.1) is 0 Å². The van der Waals surface area contributed by atoms with Gasteiger partial charge in [0.2, 0.25) is 0 Å². The van der Waals surface area contributed by atoms with Gasteiger partial charge < -0.3 is 33.7 Å². The molecule has 0 bridgehead atoms. The van der Waals surface area contributed by atoms with Gasteiger partial charge in [0.05, 0.1) is 102 Å². The molecule has 0 saturated heterocycles. The Morgan fingerprint density at radius 2 is 1.37 bits per heavy atom. The fraction of sp³-hybridized carbons (Fsp3) is 0.417. The van der Waals surface area contributed by atoms with Crippen molar-refractivity contribution < 1.29 is 46.8 Å². The summed E-state index contributed by atoms with van der Waals surface area (Å²) in [6, 6.07) is 18.6. The molecule has 0 aliphatic carbocycles. The van der Waals surface area contributed by atoms with Crippen molar-refractivity contribution in [3.05, 3.63) is 83.8 Å². The third-order valence-corrected chi connectivity index (χ3v) is 10.0. The molecule has 0 saturated carbocycles. The number of carbonyl (C=O) groups excluding carboxylic acids is 1. The van der Waals surface area contributed by atoms with Crippen LogP contribution in [0.4, 0.5) is 0 Å². The van der Waals surface area contributed by atoms with Crippen LogP contribution in [0.5, 0.6) is 0 Å². The first-order chi connectivity index (χ1) is 25.5. The number of rotatable bonds is 26. The molecule has 1 N–H and O–H groups in total. The zero-order valence-corrected chi connectivity index (χ0v) is 31.5. The van der Waals surface area contributed by atoms with E-state index in [1.807, 2.05) is 60.7 Å². The van der Waals surface area contributed by atoms with Crippen LogP contribution in [0.15, 0.2) is 76.7 Å². The van der Waals surface area contributed by atoms with E-state index in [2.05, 4.69) is 10.3 Å². The zero-order chi connectivity index (χ0) is 36.9. The van der Waals surface area contributed by atoms with E-state index in [0.717, 1.165) is 15.5 Å². The smallest absolute Gasteiger partial charge is 0.382 e. The van der Waals surface area contributed by atoms with E-state index < -0.39 is 7.75 Å². The predicted octanol–water partition coefficient (Wildman–Crippen LogP) is 5.46. The molecule has 16 heteroatoms. The summed E-state index contributed by atoms with van der Waals surface area (Å²) < 4.78 is 60.2. The van der Waals surface area contributed by atoms with Crippen molar-refractivity contribution in [3.63, 3.8) is 0 Å². The minimum Gasteiger partial charge on any atom is -0.382 e. The monoisotopic (exact) mass is 758 g/mol. The highest BCUT2D eigenvalue weighted by Crippen LogP contribution is 2.51. The van der Waals surface area contributed by atoms with Crippen LogP contribution in [0.1, 0.15) is 21.7 Å². The average molecular weight is 759 g/mol. The summed E-state index contributed by atoms with van der Waals surface area (Å²) in [5.74, 6) is -0.199. The molecular formula is C36H47N4O10PS. The van der Waals surface area contributed by atoms with Gasteiger partial charge in [-0.05, 0) is 54.6 Å². The normalized spacial score (nSPS) is 11.9. The lowest BCUT2D eigenvalue weighted by Crippen LogP contribution is -2.18. The largest absolute Gasteiger partial charge is 0.455 e. The van der Waals surface area contributed by atoms with Crippen LogP contribution in [0, 0.1) is 0 Å². The van der Waals surface area contributed by atoms with Gasteiger partial charge in [0.25, 0.3) is 5.91 Å². The predicted molar refractivity (Wildman–Crippen MR) is 199 cm³/mol. The molecule has 4 rings (SSSR count). The Balaban J connectivity index is 1.61. The first-order valence-electron chi connectivity index (χ1n) is 16.8. The molecule has 1 amide bonds. The number of nitrogens with one attached hydrogen (secondary N) is 1. The van der Waals surface area contributed by atoms with Gasteiger partial charge in [-0.3, -0.25) is 18.8 Å². The molecule has 0 fully saturated rings. The summed E-state index contributed by atoms with van der Waals surface area (Å²) >= 11 is 1.40. The molecule has 2 heterocycles. The van der Waals surface area contributed by atoms with Gasteiger partial charge in [-0.25, -0.2) is 4.57 Å². The minimum absolute atomic E-state index is 0.0437. The minimum atomic E-state index is -4.14. The van der Waals surface area contributed by atoms with Crippen molar-refractivity contribution in [2.24, 2.45) is 0 Å². The number of nitrogens with zero attached hydrogens (tertiary/aromatic N) is 3. The van der Waals surface area contributed by atoms with E-state index in [1.54, 1.807) is 39.6 Å². The second-order valence-corrected chi connectivity index (χ2v) is 13.7. The van der Waals surface area contributed by atoms with Gasteiger partial charge in [0.15, 0.2) is 0 Å². The van der Waals surface area contributed by atoms with Crippen molar-refractivity contribution in [2.75, 3.05) is 101 Å². The SMILES string of the molecule is CNC(=O)c1ccccc1Sc1ccc2c(/C=C/c3ccccn3)nn(P(=O)(OCCOCCOCCOC)OCCOCCOCCOC)c2c1. The van der Waals surface area contributed by atoms with Crippen LogP contribution >= 0.6 is 19.5 Å². The van der Waals surface area contributed by atoms with E-state index in [-0.39, 0.29) is 32.3 Å². The number of methoxy groups -OCH3 is 2. The lowest BCUT2D eigenvalue weighted by molar-refractivity contribution is 0.0111. The summed E-state index contributed by atoms with van der Waals surface area (Å²) in [6.07, 6.45) is 5.33. The highest BCUT2D eigenvalue weighted by atomic mass is 32.2. The summed E-state index contributed by atoms with van der Waals surface area (Å²) in [5, 5.41) is 8.16. The van der Waals surface area contributed by atoms with E-state index in [0.29, 0.717) is 75.0 Å². The van der Waals surface area contributed by atoms with Crippen molar-refractivity contribution in [3.8, 4) is 0 Å². The molecule has 4 aromatic rings. The third kappa shape index (κ3) is 13.2. The number of pyridine rings is 1. The Labute approximate surface area is 308 Å². The Bertz CT molecular complexity index is 1700. The molecule has 14 nitrogen and oxygen atoms in total. The number of aromatic nitrogens is 3. The van der Waals surface area contributed by atoms with E-state index in [9.17, 15) is 9.36 Å². The van der Waals surface area contributed by atoms with Crippen molar-refractivity contribution >= 4 is 48.5 Å². The van der Waals surface area contributed by atoms with Gasteiger partial charge in [-0.2, -0.15) is 9.55 Å². The number of fused-ring (bicyclic) bond motifs is 1. The Hall–Kier alpha value is -3.47. The van der Waals surface area contributed by atoms with E-state index in [1.165, 1.54) is 16.2 Å². The fourth-order valence-electron chi connectivity index (χ4n) is 4.62. The summed E-state index contributed by atoms with van der Waals surface area (Å²) in [5.41, 5.74) is 2.30. The average Bonchev–Trinajstić information content (AvgIpc) is 3.54. The van der Waals surface area contributed by atoms with Crippen LogP contribution < -0.4 is 5.32 Å². The van der Waals surface area contributed by atoms with Gasteiger partial charge in [0, 0.05) is 42.6 Å². The maximum absolute atomic E-state index is 14.8. The number of benzene rings is 2. The van der Waals surface area contributed by atoms with Gasteiger partial charge in [-0.1, -0.05) is 30.0 Å². The van der Waals surface area contributed by atoms with Crippen molar-refractivity contribution in [1.82, 2.24) is 19.9 Å². The summed E-state index contributed by atoms with van der Waals surface area (Å²) in [6.45, 7) is 3.50. The molecule has 282 valence electrons. The van der Waals surface area contributed by atoms with Crippen LogP contribution in [-0.2, 0) is 42.0 Å². The molecule has 2 aromatic heterocycles. The number of hydrogen-bond donors (Lipinski definition) is 1. The second-order valence-electron chi connectivity index (χ2n) is 10.8.